The largest absolute Gasteiger partial charge is 0.395 e. The number of thiophene rings is 1. The number of aliphatic hydroxyl groups is 1. The molecule has 1 aromatic rings. The Kier molecular flexibility index (Phi) is 5.57. The van der Waals surface area contributed by atoms with Crippen molar-refractivity contribution in [3.05, 3.63) is 21.9 Å². The molecule has 1 aromatic heterocycles. The molecule has 5 nitrogen and oxygen atoms in total. The molecule has 7 heteroatoms. The van der Waals surface area contributed by atoms with E-state index in [2.05, 4.69) is 16.6 Å². The van der Waals surface area contributed by atoms with Crippen molar-refractivity contribution in [1.29, 1.82) is 0 Å². The van der Waals surface area contributed by atoms with E-state index >= 15 is 0 Å². The van der Waals surface area contributed by atoms with E-state index in [0.29, 0.717) is 19.5 Å². The highest BCUT2D eigenvalue weighted by Gasteiger charge is 2.24. The first kappa shape index (κ1) is 15.5. The first-order valence-electron chi connectivity index (χ1n) is 6.54. The van der Waals surface area contributed by atoms with Crippen LogP contribution < -0.4 is 4.72 Å². The normalized spacial score (nSPS) is 16.1. The van der Waals surface area contributed by atoms with E-state index in [-0.39, 0.29) is 13.2 Å². The van der Waals surface area contributed by atoms with Gasteiger partial charge in [-0.25, -0.2) is 0 Å². The SMILES string of the molecule is O=S(=O)(NCc1sccc1C#CCCO)N1CCCC1. The molecule has 2 heterocycles. The molecule has 0 amide bonds. The summed E-state index contributed by atoms with van der Waals surface area (Å²) < 4.78 is 28.2. The predicted molar refractivity (Wildman–Crippen MR) is 79.5 cm³/mol. The Morgan fingerprint density at radius 1 is 1.40 bits per heavy atom. The Hall–Kier alpha value is -0.910. The molecule has 0 aromatic carbocycles. The highest BCUT2D eigenvalue weighted by Crippen LogP contribution is 2.17. The fourth-order valence-corrected chi connectivity index (χ4v) is 4.09. The van der Waals surface area contributed by atoms with Crippen LogP contribution in [0.3, 0.4) is 0 Å². The van der Waals surface area contributed by atoms with Crippen molar-refractivity contribution < 1.29 is 13.5 Å². The molecule has 1 fully saturated rings. The van der Waals surface area contributed by atoms with Crippen LogP contribution in [0.2, 0.25) is 0 Å². The molecule has 1 aliphatic heterocycles. The zero-order chi connectivity index (χ0) is 14.4. The highest BCUT2D eigenvalue weighted by atomic mass is 32.2. The minimum atomic E-state index is -3.38. The number of nitrogens with zero attached hydrogens (tertiary/aromatic N) is 1. The number of hydrogen-bond donors (Lipinski definition) is 2. The summed E-state index contributed by atoms with van der Waals surface area (Å²) in [5, 5.41) is 10.6. The third-order valence-corrected chi connectivity index (χ3v) is 5.50. The topological polar surface area (TPSA) is 69.6 Å². The fourth-order valence-electron chi connectivity index (χ4n) is 1.98. The lowest BCUT2D eigenvalue weighted by Crippen LogP contribution is -2.38. The fraction of sp³-hybridized carbons (Fsp3) is 0.538. The molecule has 0 saturated carbocycles. The van der Waals surface area contributed by atoms with E-state index in [4.69, 9.17) is 5.11 Å². The molecule has 1 aliphatic rings. The van der Waals surface area contributed by atoms with Gasteiger partial charge in [-0.2, -0.15) is 17.4 Å². The van der Waals surface area contributed by atoms with Gasteiger partial charge in [0.2, 0.25) is 0 Å². The average Bonchev–Trinajstić information content (AvgIpc) is 3.09. The summed E-state index contributed by atoms with van der Waals surface area (Å²) >= 11 is 1.48. The van der Waals surface area contributed by atoms with E-state index in [0.717, 1.165) is 23.3 Å². The van der Waals surface area contributed by atoms with Crippen LogP contribution >= 0.6 is 11.3 Å². The van der Waals surface area contributed by atoms with Gasteiger partial charge in [0.1, 0.15) is 0 Å². The maximum Gasteiger partial charge on any atom is 0.279 e. The molecular formula is C13H18N2O3S2. The molecular weight excluding hydrogens is 296 g/mol. The number of hydrogen-bond acceptors (Lipinski definition) is 4. The summed E-state index contributed by atoms with van der Waals surface area (Å²) in [4.78, 5) is 0.901. The van der Waals surface area contributed by atoms with Gasteiger partial charge in [0.25, 0.3) is 10.2 Å². The zero-order valence-corrected chi connectivity index (χ0v) is 12.8. The first-order valence-corrected chi connectivity index (χ1v) is 8.86. The number of aliphatic hydroxyl groups excluding tert-OH is 1. The van der Waals surface area contributed by atoms with E-state index < -0.39 is 10.2 Å². The van der Waals surface area contributed by atoms with E-state index in [1.807, 2.05) is 11.4 Å². The second kappa shape index (κ2) is 7.20. The Labute approximate surface area is 123 Å². The molecule has 0 unspecified atom stereocenters. The van der Waals surface area contributed by atoms with Crippen LogP contribution in [0.15, 0.2) is 11.4 Å². The Morgan fingerprint density at radius 3 is 2.85 bits per heavy atom. The summed E-state index contributed by atoms with van der Waals surface area (Å²) in [6.45, 7) is 1.50. The second-order valence-corrected chi connectivity index (χ2v) is 7.22. The van der Waals surface area contributed by atoms with Crippen LogP contribution in [0.4, 0.5) is 0 Å². The lowest BCUT2D eigenvalue weighted by molar-refractivity contribution is 0.305. The van der Waals surface area contributed by atoms with Crippen molar-refractivity contribution in [2.24, 2.45) is 0 Å². The van der Waals surface area contributed by atoms with Crippen LogP contribution in [0.1, 0.15) is 29.7 Å². The van der Waals surface area contributed by atoms with Crippen molar-refractivity contribution in [3.63, 3.8) is 0 Å². The van der Waals surface area contributed by atoms with E-state index in [9.17, 15) is 8.42 Å². The molecule has 1 saturated heterocycles. The standard InChI is InChI=1S/C13H18N2O3S2/c16-9-4-1-5-12-6-10-19-13(12)11-14-20(17,18)15-7-2-3-8-15/h6,10,14,16H,2-4,7-9,11H2. The maximum atomic E-state index is 12.1. The molecule has 0 bridgehead atoms. The Bertz CT molecular complexity index is 593. The predicted octanol–water partition coefficient (Wildman–Crippen LogP) is 0.912. The third-order valence-electron chi connectivity index (χ3n) is 3.03. The van der Waals surface area contributed by atoms with Crippen molar-refractivity contribution >= 4 is 21.5 Å². The molecule has 20 heavy (non-hydrogen) atoms. The second-order valence-electron chi connectivity index (χ2n) is 4.47. The minimum Gasteiger partial charge on any atom is -0.395 e. The first-order chi connectivity index (χ1) is 9.63. The molecule has 2 N–H and O–H groups in total. The third kappa shape index (κ3) is 4.04. The highest BCUT2D eigenvalue weighted by molar-refractivity contribution is 7.87. The molecule has 0 atom stereocenters. The van der Waals surface area contributed by atoms with Gasteiger partial charge < -0.3 is 5.11 Å². The van der Waals surface area contributed by atoms with Crippen LogP contribution in [-0.2, 0) is 16.8 Å². The molecule has 2 rings (SSSR count). The summed E-state index contributed by atoms with van der Waals surface area (Å²) in [7, 11) is -3.38. The van der Waals surface area contributed by atoms with Crippen molar-refractivity contribution in [3.8, 4) is 11.8 Å². The molecule has 110 valence electrons. The van der Waals surface area contributed by atoms with Gasteiger partial charge in [-0.15, -0.1) is 11.3 Å². The molecule has 0 aliphatic carbocycles. The van der Waals surface area contributed by atoms with Gasteiger partial charge in [0, 0.05) is 36.5 Å². The average molecular weight is 314 g/mol. The Morgan fingerprint density at radius 2 is 2.15 bits per heavy atom. The smallest absolute Gasteiger partial charge is 0.279 e. The van der Waals surface area contributed by atoms with Gasteiger partial charge >= 0.3 is 0 Å². The monoisotopic (exact) mass is 314 g/mol. The van der Waals surface area contributed by atoms with Gasteiger partial charge in [0.05, 0.1) is 6.61 Å². The van der Waals surface area contributed by atoms with Crippen LogP contribution in [0.5, 0.6) is 0 Å². The van der Waals surface area contributed by atoms with Gasteiger partial charge in [-0.05, 0) is 24.3 Å². The van der Waals surface area contributed by atoms with Crippen LogP contribution in [0.25, 0.3) is 0 Å². The van der Waals surface area contributed by atoms with Crippen LogP contribution in [-0.4, -0.2) is 37.5 Å². The molecule has 0 radical (unpaired) electrons. The summed E-state index contributed by atoms with van der Waals surface area (Å²) in [5.74, 6) is 5.80. The maximum absolute atomic E-state index is 12.1. The lowest BCUT2D eigenvalue weighted by atomic mass is 10.2. The van der Waals surface area contributed by atoms with Gasteiger partial charge in [-0.3, -0.25) is 0 Å². The molecule has 0 spiro atoms. The summed E-state index contributed by atoms with van der Waals surface area (Å²) in [6, 6.07) is 1.87. The van der Waals surface area contributed by atoms with E-state index in [1.54, 1.807) is 0 Å². The number of nitrogens with one attached hydrogen (secondary N) is 1. The Balaban J connectivity index is 1.97. The number of rotatable bonds is 5. The quantitative estimate of drug-likeness (QED) is 0.794. The summed E-state index contributed by atoms with van der Waals surface area (Å²) in [5.41, 5.74) is 0.826. The summed E-state index contributed by atoms with van der Waals surface area (Å²) in [6.07, 6.45) is 2.28. The van der Waals surface area contributed by atoms with Gasteiger partial charge in [0.15, 0.2) is 0 Å². The van der Waals surface area contributed by atoms with E-state index in [1.165, 1.54) is 15.6 Å². The van der Waals surface area contributed by atoms with Crippen molar-refractivity contribution in [2.45, 2.75) is 25.8 Å². The van der Waals surface area contributed by atoms with Crippen molar-refractivity contribution in [1.82, 2.24) is 9.03 Å². The van der Waals surface area contributed by atoms with Crippen LogP contribution in [0, 0.1) is 11.8 Å². The minimum absolute atomic E-state index is 0.0358. The van der Waals surface area contributed by atoms with Crippen molar-refractivity contribution in [2.75, 3.05) is 19.7 Å². The van der Waals surface area contributed by atoms with Gasteiger partial charge in [-0.1, -0.05) is 11.8 Å². The lowest BCUT2D eigenvalue weighted by Gasteiger charge is -2.15. The zero-order valence-electron chi connectivity index (χ0n) is 11.1.